The summed E-state index contributed by atoms with van der Waals surface area (Å²) in [5.74, 6) is 0.110. The summed E-state index contributed by atoms with van der Waals surface area (Å²) in [5, 5.41) is 0. The Labute approximate surface area is 114 Å². The van der Waals surface area contributed by atoms with E-state index in [1.807, 2.05) is 49.1 Å². The summed E-state index contributed by atoms with van der Waals surface area (Å²) >= 11 is 0. The Balaban J connectivity index is 1.93. The van der Waals surface area contributed by atoms with Gasteiger partial charge in [0.25, 0.3) is 0 Å². The molecule has 0 aliphatic carbocycles. The molecule has 3 atom stereocenters. The minimum Gasteiger partial charge on any atom is -0.372 e. The van der Waals surface area contributed by atoms with Gasteiger partial charge in [0.2, 0.25) is 5.91 Å². The van der Waals surface area contributed by atoms with Gasteiger partial charge < -0.3 is 15.4 Å². The first-order valence-corrected chi connectivity index (χ1v) is 6.80. The number of rotatable bonds is 3. The maximum atomic E-state index is 12.3. The maximum Gasteiger partial charge on any atom is 0.224 e. The number of carbonyl (C=O) groups excluding carboxylic acids is 1. The molecule has 1 amide bonds. The van der Waals surface area contributed by atoms with Crippen molar-refractivity contribution in [3.05, 3.63) is 35.9 Å². The third-order valence-corrected chi connectivity index (χ3v) is 3.39. The summed E-state index contributed by atoms with van der Waals surface area (Å²) in [7, 11) is 0. The van der Waals surface area contributed by atoms with Gasteiger partial charge in [0.05, 0.1) is 12.2 Å². The molecule has 2 rings (SSSR count). The molecular formula is C15H22N2O2. The van der Waals surface area contributed by atoms with E-state index < -0.39 is 0 Å². The number of amides is 1. The summed E-state index contributed by atoms with van der Waals surface area (Å²) in [6.07, 6.45) is 0.546. The van der Waals surface area contributed by atoms with Crippen LogP contribution >= 0.6 is 0 Å². The Morgan fingerprint density at radius 2 is 1.89 bits per heavy atom. The molecule has 1 saturated heterocycles. The Bertz CT molecular complexity index is 411. The molecule has 1 aromatic carbocycles. The van der Waals surface area contributed by atoms with Gasteiger partial charge in [0.1, 0.15) is 0 Å². The van der Waals surface area contributed by atoms with Gasteiger partial charge in [-0.1, -0.05) is 30.3 Å². The second kappa shape index (κ2) is 6.17. The normalized spacial score (nSPS) is 25.1. The number of ether oxygens (including phenoxy) is 1. The molecule has 4 nitrogen and oxygen atoms in total. The van der Waals surface area contributed by atoms with Crippen molar-refractivity contribution in [3.63, 3.8) is 0 Å². The van der Waals surface area contributed by atoms with Gasteiger partial charge in [-0.3, -0.25) is 4.79 Å². The van der Waals surface area contributed by atoms with E-state index in [2.05, 4.69) is 0 Å². The Morgan fingerprint density at radius 3 is 2.47 bits per heavy atom. The number of carbonyl (C=O) groups is 1. The molecule has 4 heteroatoms. The van der Waals surface area contributed by atoms with Gasteiger partial charge in [-0.25, -0.2) is 0 Å². The Morgan fingerprint density at radius 1 is 1.32 bits per heavy atom. The second-order valence-corrected chi connectivity index (χ2v) is 5.28. The standard InChI is InChI=1S/C15H22N2O2/c1-11-9-17(10-12(2)19-11)15(18)8-14(16)13-6-4-3-5-7-13/h3-7,11-12,14H,8-10,16H2,1-2H3/t11-,12-,14-/m1/s1. The molecule has 0 unspecified atom stereocenters. The van der Waals surface area contributed by atoms with Crippen molar-refractivity contribution in [2.75, 3.05) is 13.1 Å². The van der Waals surface area contributed by atoms with Crippen molar-refractivity contribution >= 4 is 5.91 Å². The monoisotopic (exact) mass is 262 g/mol. The van der Waals surface area contributed by atoms with E-state index >= 15 is 0 Å². The van der Waals surface area contributed by atoms with Crippen LogP contribution in [0.15, 0.2) is 30.3 Å². The highest BCUT2D eigenvalue weighted by Gasteiger charge is 2.26. The molecule has 0 aromatic heterocycles. The first kappa shape index (κ1) is 14.0. The number of morpholine rings is 1. The molecule has 1 fully saturated rings. The molecule has 1 aromatic rings. The van der Waals surface area contributed by atoms with Gasteiger partial charge in [-0.2, -0.15) is 0 Å². The van der Waals surface area contributed by atoms with E-state index in [1.54, 1.807) is 0 Å². The lowest BCUT2D eigenvalue weighted by molar-refractivity contribution is -0.143. The smallest absolute Gasteiger partial charge is 0.224 e. The van der Waals surface area contributed by atoms with Crippen LogP contribution in [0.1, 0.15) is 31.9 Å². The van der Waals surface area contributed by atoms with Crippen molar-refractivity contribution in [2.45, 2.75) is 38.5 Å². The van der Waals surface area contributed by atoms with Gasteiger partial charge in [0.15, 0.2) is 0 Å². The summed E-state index contributed by atoms with van der Waals surface area (Å²) in [4.78, 5) is 14.1. The number of hydrogen-bond donors (Lipinski definition) is 1. The van der Waals surface area contributed by atoms with Gasteiger partial charge in [0, 0.05) is 25.6 Å². The molecule has 1 aliphatic rings. The zero-order chi connectivity index (χ0) is 13.8. The third kappa shape index (κ3) is 3.78. The zero-order valence-corrected chi connectivity index (χ0v) is 11.6. The number of benzene rings is 1. The predicted molar refractivity (Wildman–Crippen MR) is 74.6 cm³/mol. The molecule has 0 bridgehead atoms. The number of nitrogens with two attached hydrogens (primary N) is 1. The van der Waals surface area contributed by atoms with Crippen LogP contribution in [0.2, 0.25) is 0 Å². The topological polar surface area (TPSA) is 55.6 Å². The SMILES string of the molecule is C[C@@H]1CN(C(=O)C[C@@H](N)c2ccccc2)C[C@@H](C)O1. The van der Waals surface area contributed by atoms with E-state index in [-0.39, 0.29) is 24.2 Å². The summed E-state index contributed by atoms with van der Waals surface area (Å²) in [6, 6.07) is 9.52. The number of hydrogen-bond acceptors (Lipinski definition) is 3. The van der Waals surface area contributed by atoms with Crippen LogP contribution in [-0.4, -0.2) is 36.1 Å². The Hall–Kier alpha value is -1.39. The van der Waals surface area contributed by atoms with E-state index in [9.17, 15) is 4.79 Å². The van der Waals surface area contributed by atoms with Gasteiger partial charge in [-0.15, -0.1) is 0 Å². The molecule has 1 heterocycles. The first-order valence-electron chi connectivity index (χ1n) is 6.80. The molecule has 1 aliphatic heterocycles. The summed E-state index contributed by atoms with van der Waals surface area (Å²) in [6.45, 7) is 5.30. The van der Waals surface area contributed by atoms with E-state index in [0.717, 1.165) is 5.56 Å². The average molecular weight is 262 g/mol. The molecule has 2 N–H and O–H groups in total. The first-order chi connectivity index (χ1) is 9.06. The molecule has 0 spiro atoms. The average Bonchev–Trinajstić information content (AvgIpc) is 2.38. The third-order valence-electron chi connectivity index (χ3n) is 3.39. The van der Waals surface area contributed by atoms with Crippen LogP contribution in [0.5, 0.6) is 0 Å². The lowest BCUT2D eigenvalue weighted by Crippen LogP contribution is -2.48. The highest BCUT2D eigenvalue weighted by atomic mass is 16.5. The van der Waals surface area contributed by atoms with Crippen LogP contribution in [-0.2, 0) is 9.53 Å². The van der Waals surface area contributed by atoms with Crippen LogP contribution in [0.3, 0.4) is 0 Å². The van der Waals surface area contributed by atoms with E-state index in [1.165, 1.54) is 0 Å². The van der Waals surface area contributed by atoms with Crippen LogP contribution in [0, 0.1) is 0 Å². The molecule has 0 radical (unpaired) electrons. The molecule has 19 heavy (non-hydrogen) atoms. The van der Waals surface area contributed by atoms with E-state index in [4.69, 9.17) is 10.5 Å². The maximum absolute atomic E-state index is 12.3. The minimum absolute atomic E-state index is 0.0978. The van der Waals surface area contributed by atoms with Crippen molar-refractivity contribution in [2.24, 2.45) is 5.73 Å². The Kier molecular flexibility index (Phi) is 4.56. The van der Waals surface area contributed by atoms with Crippen molar-refractivity contribution in [3.8, 4) is 0 Å². The quantitative estimate of drug-likeness (QED) is 0.902. The van der Waals surface area contributed by atoms with Crippen molar-refractivity contribution in [1.29, 1.82) is 0 Å². The fourth-order valence-corrected chi connectivity index (χ4v) is 2.52. The second-order valence-electron chi connectivity index (χ2n) is 5.28. The zero-order valence-electron chi connectivity index (χ0n) is 11.6. The highest BCUT2D eigenvalue weighted by Crippen LogP contribution is 2.17. The molecule has 0 saturated carbocycles. The fourth-order valence-electron chi connectivity index (χ4n) is 2.52. The minimum atomic E-state index is -0.234. The van der Waals surface area contributed by atoms with Crippen molar-refractivity contribution < 1.29 is 9.53 Å². The van der Waals surface area contributed by atoms with Crippen LogP contribution < -0.4 is 5.73 Å². The van der Waals surface area contributed by atoms with E-state index in [0.29, 0.717) is 19.5 Å². The fraction of sp³-hybridized carbons (Fsp3) is 0.533. The largest absolute Gasteiger partial charge is 0.372 e. The molecular weight excluding hydrogens is 240 g/mol. The number of nitrogens with zero attached hydrogens (tertiary/aromatic N) is 1. The van der Waals surface area contributed by atoms with Gasteiger partial charge in [-0.05, 0) is 19.4 Å². The molecule has 104 valence electrons. The van der Waals surface area contributed by atoms with Crippen LogP contribution in [0.4, 0.5) is 0 Å². The summed E-state index contributed by atoms with van der Waals surface area (Å²) < 4.78 is 5.63. The lowest BCUT2D eigenvalue weighted by Gasteiger charge is -2.35. The van der Waals surface area contributed by atoms with Gasteiger partial charge >= 0.3 is 0 Å². The van der Waals surface area contributed by atoms with Crippen molar-refractivity contribution in [1.82, 2.24) is 4.90 Å². The highest BCUT2D eigenvalue weighted by molar-refractivity contribution is 5.77. The lowest BCUT2D eigenvalue weighted by atomic mass is 10.0. The van der Waals surface area contributed by atoms with Crippen LogP contribution in [0.25, 0.3) is 0 Å². The summed E-state index contributed by atoms with van der Waals surface area (Å²) in [5.41, 5.74) is 7.10. The predicted octanol–water partition coefficient (Wildman–Crippen LogP) is 1.71.